The number of nitrogens with two attached hydrogens (primary N) is 1. The molecule has 2 rings (SSSR count). The minimum atomic E-state index is -0.141. The lowest BCUT2D eigenvalue weighted by Gasteiger charge is -2.10. The molecule has 4 N–H and O–H groups in total. The maximum absolute atomic E-state index is 9.32. The summed E-state index contributed by atoms with van der Waals surface area (Å²) in [6, 6.07) is 10.0. The highest BCUT2D eigenvalue weighted by Gasteiger charge is 2.06. The van der Waals surface area contributed by atoms with Crippen LogP contribution in [0.5, 0.6) is 0 Å². The second kappa shape index (κ2) is 4.53. The fraction of sp³-hybridized carbons (Fsp3) is 0.0833. The first kappa shape index (κ1) is 10.3. The van der Waals surface area contributed by atoms with Gasteiger partial charge in [0.1, 0.15) is 11.5 Å². The number of nitrogens with one attached hydrogen (secondary N) is 1. The Morgan fingerprint density at radius 3 is 2.75 bits per heavy atom. The summed E-state index contributed by atoms with van der Waals surface area (Å²) in [6.07, 6.45) is 4.18. The number of hydrogen-bond donors (Lipinski definition) is 3. The van der Waals surface area contributed by atoms with Gasteiger partial charge in [-0.1, -0.05) is 30.3 Å². The molecule has 1 aromatic carbocycles. The van der Waals surface area contributed by atoms with Crippen LogP contribution in [0.3, 0.4) is 0 Å². The highest BCUT2D eigenvalue weighted by Crippen LogP contribution is 2.06. The van der Waals surface area contributed by atoms with Gasteiger partial charge in [0.05, 0.1) is 0 Å². The van der Waals surface area contributed by atoms with Crippen molar-refractivity contribution in [3.05, 3.63) is 59.7 Å². The number of benzene rings is 1. The molecule has 4 nitrogen and oxygen atoms in total. The van der Waals surface area contributed by atoms with E-state index in [2.05, 4.69) is 10.3 Å². The van der Waals surface area contributed by atoms with Gasteiger partial charge in [0, 0.05) is 6.20 Å². The van der Waals surface area contributed by atoms with E-state index in [1.54, 1.807) is 0 Å². The number of allylic oxidation sites excluding steroid dienone is 1. The Morgan fingerprint density at radius 1 is 1.31 bits per heavy atom. The second-order valence-corrected chi connectivity index (χ2v) is 3.46. The zero-order valence-corrected chi connectivity index (χ0v) is 8.72. The smallest absolute Gasteiger partial charge is 0.238 e. The van der Waals surface area contributed by atoms with Crippen LogP contribution in [0.4, 0.5) is 0 Å². The highest BCUT2D eigenvalue weighted by atomic mass is 16.3. The van der Waals surface area contributed by atoms with Crippen LogP contribution < -0.4 is 11.1 Å². The van der Waals surface area contributed by atoms with Gasteiger partial charge in [-0.3, -0.25) is 0 Å². The summed E-state index contributed by atoms with van der Waals surface area (Å²) in [7, 11) is 0. The van der Waals surface area contributed by atoms with Gasteiger partial charge in [-0.2, -0.15) is 4.99 Å². The molecule has 82 valence electrons. The van der Waals surface area contributed by atoms with Crippen molar-refractivity contribution in [3.63, 3.8) is 0 Å². The number of aliphatic hydroxyl groups is 1. The van der Waals surface area contributed by atoms with E-state index in [4.69, 9.17) is 5.73 Å². The van der Waals surface area contributed by atoms with Crippen molar-refractivity contribution in [1.29, 1.82) is 0 Å². The van der Waals surface area contributed by atoms with E-state index in [9.17, 15) is 5.11 Å². The fourth-order valence-corrected chi connectivity index (χ4v) is 1.36. The van der Waals surface area contributed by atoms with Crippen LogP contribution in [0.2, 0.25) is 0 Å². The molecular weight excluding hydrogens is 202 g/mol. The SMILES string of the molecule is NC1=CNC(=CCc2ccccc2)N=C1O. The molecule has 1 aliphatic rings. The van der Waals surface area contributed by atoms with Crippen LogP contribution >= 0.6 is 0 Å². The third kappa shape index (κ3) is 2.42. The number of nitrogens with zero attached hydrogens (tertiary/aromatic N) is 1. The Hall–Kier alpha value is -2.23. The molecular formula is C12H13N3O. The van der Waals surface area contributed by atoms with Crippen molar-refractivity contribution in [2.45, 2.75) is 6.42 Å². The Bertz CT molecular complexity index is 460. The summed E-state index contributed by atoms with van der Waals surface area (Å²) < 4.78 is 0. The van der Waals surface area contributed by atoms with Gasteiger partial charge in [0.25, 0.3) is 0 Å². The normalized spacial score (nSPS) is 17.6. The molecule has 0 amide bonds. The molecule has 0 fully saturated rings. The first-order chi connectivity index (χ1) is 7.75. The quantitative estimate of drug-likeness (QED) is 0.699. The third-order valence-electron chi connectivity index (χ3n) is 2.23. The van der Waals surface area contributed by atoms with E-state index in [-0.39, 0.29) is 11.6 Å². The summed E-state index contributed by atoms with van der Waals surface area (Å²) in [5, 5.41) is 12.2. The molecule has 0 unspecified atom stereocenters. The maximum Gasteiger partial charge on any atom is 0.238 e. The Labute approximate surface area is 93.8 Å². The summed E-state index contributed by atoms with van der Waals surface area (Å²) in [4.78, 5) is 3.91. The molecule has 0 aliphatic carbocycles. The monoisotopic (exact) mass is 215 g/mol. The van der Waals surface area contributed by atoms with Crippen molar-refractivity contribution in [1.82, 2.24) is 5.32 Å². The van der Waals surface area contributed by atoms with Crippen LogP contribution in [-0.4, -0.2) is 11.0 Å². The summed E-state index contributed by atoms with van der Waals surface area (Å²) in [5.74, 6) is 0.466. The lowest BCUT2D eigenvalue weighted by molar-refractivity contribution is 0.545. The molecule has 0 bridgehead atoms. The molecule has 4 heteroatoms. The summed E-state index contributed by atoms with van der Waals surface area (Å²) in [5.41, 5.74) is 6.87. The molecule has 0 atom stereocenters. The van der Waals surface area contributed by atoms with E-state index in [0.29, 0.717) is 5.82 Å². The fourth-order valence-electron chi connectivity index (χ4n) is 1.36. The lowest BCUT2D eigenvalue weighted by Crippen LogP contribution is -2.21. The third-order valence-corrected chi connectivity index (χ3v) is 2.23. The van der Waals surface area contributed by atoms with Crippen molar-refractivity contribution in [3.8, 4) is 0 Å². The van der Waals surface area contributed by atoms with Gasteiger partial charge in [-0.05, 0) is 18.1 Å². The van der Waals surface area contributed by atoms with E-state index in [1.165, 1.54) is 11.8 Å². The van der Waals surface area contributed by atoms with Gasteiger partial charge in [-0.25, -0.2) is 0 Å². The van der Waals surface area contributed by atoms with Crippen LogP contribution in [0, 0.1) is 0 Å². The maximum atomic E-state index is 9.32. The van der Waals surface area contributed by atoms with Crippen LogP contribution in [0.1, 0.15) is 5.56 Å². The minimum Gasteiger partial charge on any atom is -0.492 e. The Balaban J connectivity index is 2.05. The van der Waals surface area contributed by atoms with Crippen molar-refractivity contribution >= 4 is 5.90 Å². The summed E-state index contributed by atoms with van der Waals surface area (Å²) in [6.45, 7) is 0. The minimum absolute atomic E-state index is 0.141. The molecule has 0 saturated carbocycles. The zero-order valence-electron chi connectivity index (χ0n) is 8.72. The number of hydrogen-bond acceptors (Lipinski definition) is 3. The Kier molecular flexibility index (Phi) is 2.91. The van der Waals surface area contributed by atoms with E-state index < -0.39 is 0 Å². The van der Waals surface area contributed by atoms with Gasteiger partial charge >= 0.3 is 0 Å². The standard InChI is InChI=1S/C12H13N3O/c13-10-8-14-11(15-12(10)16)7-6-9-4-2-1-3-5-9/h1-5,7-8,14H,6,13H2,(H,15,16). The molecule has 1 aliphatic heterocycles. The topological polar surface area (TPSA) is 70.6 Å². The van der Waals surface area contributed by atoms with Gasteiger partial charge in [0.2, 0.25) is 5.90 Å². The van der Waals surface area contributed by atoms with Crippen LogP contribution in [0.25, 0.3) is 0 Å². The lowest BCUT2D eigenvalue weighted by atomic mass is 10.1. The molecule has 1 aromatic rings. The predicted octanol–water partition coefficient (Wildman–Crippen LogP) is 1.43. The van der Waals surface area contributed by atoms with Crippen LogP contribution in [-0.2, 0) is 6.42 Å². The molecule has 0 radical (unpaired) electrons. The first-order valence-corrected chi connectivity index (χ1v) is 5.00. The highest BCUT2D eigenvalue weighted by molar-refractivity contribution is 5.92. The van der Waals surface area contributed by atoms with Gasteiger partial charge in [-0.15, -0.1) is 0 Å². The number of rotatable bonds is 2. The van der Waals surface area contributed by atoms with Gasteiger partial charge in [0.15, 0.2) is 0 Å². The number of aliphatic imine (C=N–C) groups is 1. The average Bonchev–Trinajstić information content (AvgIpc) is 2.32. The zero-order chi connectivity index (χ0) is 11.4. The Morgan fingerprint density at radius 2 is 2.06 bits per heavy atom. The van der Waals surface area contributed by atoms with Crippen molar-refractivity contribution in [2.24, 2.45) is 10.7 Å². The second-order valence-electron chi connectivity index (χ2n) is 3.46. The molecule has 0 saturated heterocycles. The van der Waals surface area contributed by atoms with Gasteiger partial charge < -0.3 is 16.2 Å². The average molecular weight is 215 g/mol. The number of aliphatic hydroxyl groups excluding tert-OH is 1. The van der Waals surface area contributed by atoms with E-state index >= 15 is 0 Å². The van der Waals surface area contributed by atoms with E-state index in [0.717, 1.165) is 6.42 Å². The van der Waals surface area contributed by atoms with Crippen LogP contribution in [0.15, 0.2) is 59.1 Å². The largest absolute Gasteiger partial charge is 0.492 e. The van der Waals surface area contributed by atoms with E-state index in [1.807, 2.05) is 36.4 Å². The molecule has 1 heterocycles. The molecule has 0 aromatic heterocycles. The summed E-state index contributed by atoms with van der Waals surface area (Å²) >= 11 is 0. The predicted molar refractivity (Wildman–Crippen MR) is 63.7 cm³/mol. The van der Waals surface area contributed by atoms with Crippen molar-refractivity contribution in [2.75, 3.05) is 0 Å². The molecule has 0 spiro atoms. The molecule has 16 heavy (non-hydrogen) atoms. The van der Waals surface area contributed by atoms with Crippen molar-refractivity contribution < 1.29 is 5.11 Å². The first-order valence-electron chi connectivity index (χ1n) is 5.00.